The van der Waals surface area contributed by atoms with Crippen molar-refractivity contribution in [1.82, 2.24) is 9.80 Å². The molecule has 0 aromatic rings. The number of carbonyl (C=O) groups excluding carboxylic acids is 2. The van der Waals surface area contributed by atoms with E-state index in [9.17, 15) is 19.5 Å². The standard InChI is InChI=1S/C17H26N2O4/c1-17(16(22)23)7-4-8-18(11-17)15(21)12-9-14(20)19(10-12)13-5-2-3-6-13/h12-13H,2-11H2,1H3,(H,22,23). The van der Waals surface area contributed by atoms with Crippen LogP contribution in [0.2, 0.25) is 0 Å². The minimum Gasteiger partial charge on any atom is -0.481 e. The fourth-order valence-electron chi connectivity index (χ4n) is 4.33. The Hall–Kier alpha value is -1.59. The smallest absolute Gasteiger partial charge is 0.311 e. The lowest BCUT2D eigenvalue weighted by atomic mass is 9.81. The van der Waals surface area contributed by atoms with Crippen molar-refractivity contribution in [2.45, 2.75) is 57.9 Å². The summed E-state index contributed by atoms with van der Waals surface area (Å²) in [7, 11) is 0. The average Bonchev–Trinajstić information content (AvgIpc) is 3.15. The molecule has 3 fully saturated rings. The molecule has 0 radical (unpaired) electrons. The summed E-state index contributed by atoms with van der Waals surface area (Å²) in [6, 6.07) is 0.311. The van der Waals surface area contributed by atoms with Crippen molar-refractivity contribution in [3.63, 3.8) is 0 Å². The quantitative estimate of drug-likeness (QED) is 0.854. The van der Waals surface area contributed by atoms with Crippen LogP contribution in [0.1, 0.15) is 51.9 Å². The molecular formula is C17H26N2O4. The van der Waals surface area contributed by atoms with Gasteiger partial charge in [0.1, 0.15) is 0 Å². The van der Waals surface area contributed by atoms with E-state index in [1.807, 2.05) is 4.90 Å². The van der Waals surface area contributed by atoms with Gasteiger partial charge in [0.15, 0.2) is 0 Å². The zero-order chi connectivity index (χ0) is 16.6. The monoisotopic (exact) mass is 322 g/mol. The highest BCUT2D eigenvalue weighted by atomic mass is 16.4. The molecule has 2 saturated heterocycles. The van der Waals surface area contributed by atoms with Gasteiger partial charge < -0.3 is 14.9 Å². The van der Waals surface area contributed by atoms with E-state index >= 15 is 0 Å². The maximum absolute atomic E-state index is 12.8. The Morgan fingerprint density at radius 1 is 1.22 bits per heavy atom. The van der Waals surface area contributed by atoms with Crippen LogP contribution < -0.4 is 0 Å². The van der Waals surface area contributed by atoms with Crippen molar-refractivity contribution in [1.29, 1.82) is 0 Å². The number of carboxylic acid groups (broad SMARTS) is 1. The molecule has 0 spiro atoms. The molecule has 2 atom stereocenters. The number of amides is 2. The summed E-state index contributed by atoms with van der Waals surface area (Å²) in [5.74, 6) is -1.08. The molecule has 0 aromatic heterocycles. The third kappa shape index (κ3) is 3.08. The Kier molecular flexibility index (Phi) is 4.34. The number of piperidine rings is 1. The van der Waals surface area contributed by atoms with Gasteiger partial charge in [0.2, 0.25) is 11.8 Å². The number of hydrogen-bond acceptors (Lipinski definition) is 3. The molecule has 6 heteroatoms. The topological polar surface area (TPSA) is 77.9 Å². The zero-order valence-electron chi connectivity index (χ0n) is 13.8. The first kappa shape index (κ1) is 16.3. The van der Waals surface area contributed by atoms with Crippen molar-refractivity contribution in [3.8, 4) is 0 Å². The number of rotatable bonds is 3. The largest absolute Gasteiger partial charge is 0.481 e. The van der Waals surface area contributed by atoms with Crippen LogP contribution in [0.25, 0.3) is 0 Å². The average molecular weight is 322 g/mol. The summed E-state index contributed by atoms with van der Waals surface area (Å²) in [5.41, 5.74) is -0.859. The van der Waals surface area contributed by atoms with Crippen LogP contribution in [0.3, 0.4) is 0 Å². The molecule has 2 amide bonds. The maximum Gasteiger partial charge on any atom is 0.311 e. The Balaban J connectivity index is 1.64. The lowest BCUT2D eigenvalue weighted by molar-refractivity contribution is -0.154. The first-order valence-corrected chi connectivity index (χ1v) is 8.72. The van der Waals surface area contributed by atoms with E-state index in [-0.39, 0.29) is 30.7 Å². The second-order valence-electron chi connectivity index (χ2n) is 7.61. The molecule has 128 valence electrons. The van der Waals surface area contributed by atoms with Crippen LogP contribution in [0.15, 0.2) is 0 Å². The van der Waals surface area contributed by atoms with E-state index in [1.165, 1.54) is 0 Å². The lowest BCUT2D eigenvalue weighted by Gasteiger charge is -2.38. The summed E-state index contributed by atoms with van der Waals surface area (Å²) in [6.45, 7) is 3.09. The van der Waals surface area contributed by atoms with Crippen molar-refractivity contribution in [2.75, 3.05) is 19.6 Å². The van der Waals surface area contributed by atoms with Crippen LogP contribution in [0.4, 0.5) is 0 Å². The fraction of sp³-hybridized carbons (Fsp3) is 0.824. The Morgan fingerprint density at radius 3 is 2.57 bits per heavy atom. The highest BCUT2D eigenvalue weighted by Crippen LogP contribution is 2.33. The summed E-state index contributed by atoms with van der Waals surface area (Å²) in [6.07, 6.45) is 6.02. The first-order valence-electron chi connectivity index (χ1n) is 8.72. The van der Waals surface area contributed by atoms with Gasteiger partial charge in [-0.15, -0.1) is 0 Å². The number of carboxylic acids is 1. The van der Waals surface area contributed by atoms with Crippen LogP contribution in [0.5, 0.6) is 0 Å². The molecule has 1 N–H and O–H groups in total. The molecule has 0 aromatic carbocycles. The minimum absolute atomic E-state index is 0.0361. The van der Waals surface area contributed by atoms with Gasteiger partial charge in [0.25, 0.3) is 0 Å². The Labute approximate surface area is 136 Å². The highest BCUT2D eigenvalue weighted by Gasteiger charge is 2.44. The molecule has 3 rings (SSSR count). The molecule has 2 heterocycles. The molecule has 0 bridgehead atoms. The number of aliphatic carboxylic acids is 1. The van der Waals surface area contributed by atoms with E-state index in [4.69, 9.17) is 0 Å². The van der Waals surface area contributed by atoms with Crippen molar-refractivity contribution >= 4 is 17.8 Å². The summed E-state index contributed by atoms with van der Waals surface area (Å²) in [4.78, 5) is 40.0. The van der Waals surface area contributed by atoms with E-state index in [0.717, 1.165) is 25.7 Å². The van der Waals surface area contributed by atoms with Gasteiger partial charge in [-0.1, -0.05) is 12.8 Å². The van der Waals surface area contributed by atoms with Gasteiger partial charge in [-0.05, 0) is 32.6 Å². The van der Waals surface area contributed by atoms with Gasteiger partial charge in [0, 0.05) is 32.1 Å². The zero-order valence-corrected chi connectivity index (χ0v) is 13.8. The highest BCUT2D eigenvalue weighted by molar-refractivity contribution is 5.90. The molecule has 23 heavy (non-hydrogen) atoms. The molecular weight excluding hydrogens is 296 g/mol. The normalized spacial score (nSPS) is 32.6. The van der Waals surface area contributed by atoms with Crippen molar-refractivity contribution in [2.24, 2.45) is 11.3 Å². The van der Waals surface area contributed by atoms with E-state index < -0.39 is 11.4 Å². The van der Waals surface area contributed by atoms with Crippen LogP contribution in [-0.4, -0.2) is 58.4 Å². The van der Waals surface area contributed by atoms with E-state index in [2.05, 4.69) is 0 Å². The fourth-order valence-corrected chi connectivity index (χ4v) is 4.33. The number of carbonyl (C=O) groups is 3. The molecule has 1 saturated carbocycles. The van der Waals surface area contributed by atoms with Crippen molar-refractivity contribution in [3.05, 3.63) is 0 Å². The molecule has 6 nitrogen and oxygen atoms in total. The number of likely N-dealkylation sites (tertiary alicyclic amines) is 2. The number of hydrogen-bond donors (Lipinski definition) is 1. The number of nitrogens with zero attached hydrogens (tertiary/aromatic N) is 2. The molecule has 2 unspecified atom stereocenters. The summed E-state index contributed by atoms with van der Waals surface area (Å²) >= 11 is 0. The third-order valence-corrected chi connectivity index (χ3v) is 5.80. The second-order valence-corrected chi connectivity index (χ2v) is 7.61. The third-order valence-electron chi connectivity index (χ3n) is 5.80. The molecule has 1 aliphatic carbocycles. The molecule has 3 aliphatic rings. The van der Waals surface area contributed by atoms with E-state index in [0.29, 0.717) is 32.0 Å². The van der Waals surface area contributed by atoms with Crippen LogP contribution in [-0.2, 0) is 14.4 Å². The van der Waals surface area contributed by atoms with E-state index in [1.54, 1.807) is 11.8 Å². The maximum atomic E-state index is 12.8. The Bertz CT molecular complexity index is 515. The van der Waals surface area contributed by atoms with Crippen LogP contribution in [0, 0.1) is 11.3 Å². The van der Waals surface area contributed by atoms with Gasteiger partial charge in [0.05, 0.1) is 11.3 Å². The molecule has 2 aliphatic heterocycles. The minimum atomic E-state index is -0.859. The van der Waals surface area contributed by atoms with Gasteiger partial charge >= 0.3 is 5.97 Å². The van der Waals surface area contributed by atoms with Gasteiger partial charge in [-0.25, -0.2) is 0 Å². The first-order chi connectivity index (χ1) is 10.9. The summed E-state index contributed by atoms with van der Waals surface area (Å²) < 4.78 is 0. The summed E-state index contributed by atoms with van der Waals surface area (Å²) in [5, 5.41) is 9.39. The second kappa shape index (κ2) is 6.13. The Morgan fingerprint density at radius 2 is 1.91 bits per heavy atom. The SMILES string of the molecule is CC1(C(=O)O)CCCN(C(=O)C2CC(=O)N(C3CCCC3)C2)C1. The lowest BCUT2D eigenvalue weighted by Crippen LogP contribution is -2.50. The predicted octanol–water partition coefficient (Wildman–Crippen LogP) is 1.49. The van der Waals surface area contributed by atoms with Crippen LogP contribution >= 0.6 is 0 Å². The van der Waals surface area contributed by atoms with Gasteiger partial charge in [-0.2, -0.15) is 0 Å². The van der Waals surface area contributed by atoms with Crippen molar-refractivity contribution < 1.29 is 19.5 Å². The predicted molar refractivity (Wildman–Crippen MR) is 83.6 cm³/mol. The van der Waals surface area contributed by atoms with Gasteiger partial charge in [-0.3, -0.25) is 14.4 Å².